The van der Waals surface area contributed by atoms with Crippen molar-refractivity contribution in [2.24, 2.45) is 0 Å². The molecule has 4 nitrogen and oxygen atoms in total. The normalized spacial score (nSPS) is 10.0. The summed E-state index contributed by atoms with van der Waals surface area (Å²) < 4.78 is 13.9. The summed E-state index contributed by atoms with van der Waals surface area (Å²) in [6.45, 7) is 2.19. The van der Waals surface area contributed by atoms with Crippen LogP contribution in [0, 0.1) is 24.1 Å². The number of hydrogen-bond acceptors (Lipinski definition) is 3. The molecule has 0 radical (unpaired) electrons. The largest absolute Gasteiger partial charge is 0.381 e. The second kappa shape index (κ2) is 6.93. The Bertz CT molecular complexity index is 778. The van der Waals surface area contributed by atoms with Gasteiger partial charge in [-0.2, -0.15) is 5.26 Å². The van der Waals surface area contributed by atoms with Crippen LogP contribution >= 0.6 is 0 Å². The summed E-state index contributed by atoms with van der Waals surface area (Å²) in [4.78, 5) is 13.5. The van der Waals surface area contributed by atoms with E-state index in [4.69, 9.17) is 5.26 Å². The summed E-state index contributed by atoms with van der Waals surface area (Å²) in [6.07, 6.45) is 0. The third-order valence-corrected chi connectivity index (χ3v) is 3.54. The molecular weight excluding hydrogens is 293 g/mol. The number of nitrogens with zero attached hydrogens (tertiary/aromatic N) is 2. The van der Waals surface area contributed by atoms with Gasteiger partial charge in [0.1, 0.15) is 5.82 Å². The molecule has 0 bridgehead atoms. The molecule has 0 aromatic heterocycles. The molecule has 0 fully saturated rings. The van der Waals surface area contributed by atoms with Crippen LogP contribution in [0.1, 0.15) is 27.0 Å². The number of benzene rings is 2. The Morgan fingerprint density at radius 3 is 2.61 bits per heavy atom. The van der Waals surface area contributed by atoms with Crippen LogP contribution in [0.3, 0.4) is 0 Å². The molecule has 0 unspecified atom stereocenters. The van der Waals surface area contributed by atoms with Crippen molar-refractivity contribution in [3.05, 3.63) is 64.5 Å². The molecule has 0 heterocycles. The van der Waals surface area contributed by atoms with Crippen LogP contribution in [-0.4, -0.2) is 24.9 Å². The lowest BCUT2D eigenvalue weighted by Crippen LogP contribution is -2.21. The quantitative estimate of drug-likeness (QED) is 0.942. The Morgan fingerprint density at radius 1 is 1.26 bits per heavy atom. The first kappa shape index (κ1) is 16.5. The highest BCUT2D eigenvalue weighted by atomic mass is 19.1. The van der Waals surface area contributed by atoms with Gasteiger partial charge in [-0.15, -0.1) is 0 Å². The number of nitriles is 1. The number of amides is 1. The molecule has 2 rings (SSSR count). The van der Waals surface area contributed by atoms with Crippen molar-refractivity contribution in [1.82, 2.24) is 4.90 Å². The van der Waals surface area contributed by atoms with Gasteiger partial charge in [0.2, 0.25) is 0 Å². The first-order valence-electron chi connectivity index (χ1n) is 7.17. The van der Waals surface area contributed by atoms with Gasteiger partial charge in [-0.3, -0.25) is 4.79 Å². The van der Waals surface area contributed by atoms with Crippen LogP contribution < -0.4 is 5.32 Å². The van der Waals surface area contributed by atoms with Gasteiger partial charge >= 0.3 is 0 Å². The highest BCUT2D eigenvalue weighted by molar-refractivity contribution is 5.95. The zero-order chi connectivity index (χ0) is 17.0. The van der Waals surface area contributed by atoms with Crippen molar-refractivity contribution in [3.8, 4) is 6.07 Å². The molecule has 1 amide bonds. The SMILES string of the molecule is Cc1ccc(C(=O)N(C)C)cc1NCc1ccc(C#N)cc1F. The highest BCUT2D eigenvalue weighted by Crippen LogP contribution is 2.19. The van der Waals surface area contributed by atoms with Crippen molar-refractivity contribution >= 4 is 11.6 Å². The zero-order valence-electron chi connectivity index (χ0n) is 13.4. The number of nitrogens with one attached hydrogen (secondary N) is 1. The fourth-order valence-electron chi connectivity index (χ4n) is 2.15. The van der Waals surface area contributed by atoms with Crippen molar-refractivity contribution < 1.29 is 9.18 Å². The molecule has 5 heteroatoms. The standard InChI is InChI=1S/C18H18FN3O/c1-12-4-6-14(18(23)22(2)3)9-17(12)21-11-15-7-5-13(10-20)8-16(15)19/h4-9,21H,11H2,1-3H3. The van der Waals surface area contributed by atoms with E-state index in [2.05, 4.69) is 5.32 Å². The molecule has 1 N–H and O–H groups in total. The van der Waals surface area contributed by atoms with Crippen LogP contribution in [0.2, 0.25) is 0 Å². The highest BCUT2D eigenvalue weighted by Gasteiger charge is 2.10. The summed E-state index contributed by atoms with van der Waals surface area (Å²) in [5.74, 6) is -0.507. The number of hydrogen-bond donors (Lipinski definition) is 1. The van der Waals surface area contributed by atoms with Gasteiger partial charge in [-0.1, -0.05) is 12.1 Å². The minimum Gasteiger partial charge on any atom is -0.381 e. The number of carbonyl (C=O) groups is 1. The third-order valence-electron chi connectivity index (χ3n) is 3.54. The lowest BCUT2D eigenvalue weighted by Gasteiger charge is -2.14. The van der Waals surface area contributed by atoms with Crippen LogP contribution in [0.4, 0.5) is 10.1 Å². The summed E-state index contributed by atoms with van der Waals surface area (Å²) >= 11 is 0. The van der Waals surface area contributed by atoms with Gasteiger partial charge < -0.3 is 10.2 Å². The number of carbonyl (C=O) groups excluding carboxylic acids is 1. The van der Waals surface area contributed by atoms with Gasteiger partial charge in [-0.25, -0.2) is 4.39 Å². The molecule has 0 atom stereocenters. The topological polar surface area (TPSA) is 56.1 Å². The molecule has 0 spiro atoms. The van der Waals surface area contributed by atoms with Crippen molar-refractivity contribution in [3.63, 3.8) is 0 Å². The minimum absolute atomic E-state index is 0.0856. The van der Waals surface area contributed by atoms with Gasteiger partial charge in [0, 0.05) is 37.5 Å². The molecule has 0 aliphatic carbocycles. The predicted octanol–water partition coefficient (Wildman–Crippen LogP) is 3.32. The second-order valence-corrected chi connectivity index (χ2v) is 5.50. The number of anilines is 1. The van der Waals surface area contributed by atoms with E-state index < -0.39 is 5.82 Å². The molecule has 0 aliphatic rings. The number of rotatable bonds is 4. The van der Waals surface area contributed by atoms with Gasteiger partial charge in [0.15, 0.2) is 0 Å². The van der Waals surface area contributed by atoms with E-state index in [0.29, 0.717) is 16.7 Å². The maximum absolute atomic E-state index is 13.9. The molecule has 118 valence electrons. The average molecular weight is 311 g/mol. The zero-order valence-corrected chi connectivity index (χ0v) is 13.4. The van der Waals surface area contributed by atoms with E-state index in [1.54, 1.807) is 38.4 Å². The van der Waals surface area contributed by atoms with Crippen molar-refractivity contribution in [1.29, 1.82) is 5.26 Å². The van der Waals surface area contributed by atoms with Crippen LogP contribution in [0.5, 0.6) is 0 Å². The lowest BCUT2D eigenvalue weighted by molar-refractivity contribution is 0.0827. The van der Waals surface area contributed by atoms with Gasteiger partial charge in [0.05, 0.1) is 11.6 Å². The summed E-state index contributed by atoms with van der Waals surface area (Å²) in [5, 5.41) is 11.9. The van der Waals surface area contributed by atoms with Crippen molar-refractivity contribution in [2.75, 3.05) is 19.4 Å². The Kier molecular flexibility index (Phi) is 4.97. The molecule has 0 aliphatic heterocycles. The maximum atomic E-state index is 13.9. The molecule has 23 heavy (non-hydrogen) atoms. The van der Waals surface area contributed by atoms with E-state index in [-0.39, 0.29) is 12.5 Å². The monoisotopic (exact) mass is 311 g/mol. The van der Waals surface area contributed by atoms with E-state index in [1.165, 1.54) is 11.0 Å². The fourth-order valence-corrected chi connectivity index (χ4v) is 2.15. The van der Waals surface area contributed by atoms with E-state index in [0.717, 1.165) is 11.3 Å². The lowest BCUT2D eigenvalue weighted by atomic mass is 10.1. The second-order valence-electron chi connectivity index (χ2n) is 5.50. The summed E-state index contributed by atoms with van der Waals surface area (Å²) in [5.41, 5.74) is 3.08. The predicted molar refractivity (Wildman–Crippen MR) is 87.6 cm³/mol. The van der Waals surface area contributed by atoms with Crippen LogP contribution in [0.15, 0.2) is 36.4 Å². The van der Waals surface area contributed by atoms with E-state index in [1.807, 2.05) is 19.1 Å². The van der Waals surface area contributed by atoms with Gasteiger partial charge in [0.25, 0.3) is 5.91 Å². The molecule has 0 saturated carbocycles. The van der Waals surface area contributed by atoms with E-state index >= 15 is 0 Å². The first-order valence-corrected chi connectivity index (χ1v) is 7.17. The Morgan fingerprint density at radius 2 is 2.00 bits per heavy atom. The number of halogens is 1. The fraction of sp³-hybridized carbons (Fsp3) is 0.222. The Hall–Kier alpha value is -2.87. The summed E-state index contributed by atoms with van der Waals surface area (Å²) in [7, 11) is 3.39. The van der Waals surface area contributed by atoms with Gasteiger partial charge in [-0.05, 0) is 36.8 Å². The molecule has 0 saturated heterocycles. The molecule has 2 aromatic carbocycles. The summed E-state index contributed by atoms with van der Waals surface area (Å²) in [6, 6.07) is 11.7. The Balaban J connectivity index is 2.19. The molecular formula is C18H18FN3O. The molecule has 2 aromatic rings. The third kappa shape index (κ3) is 3.86. The minimum atomic E-state index is -0.422. The van der Waals surface area contributed by atoms with Crippen LogP contribution in [0.25, 0.3) is 0 Å². The van der Waals surface area contributed by atoms with Crippen LogP contribution in [-0.2, 0) is 6.54 Å². The number of aryl methyl sites for hydroxylation is 1. The first-order chi connectivity index (χ1) is 10.9. The smallest absolute Gasteiger partial charge is 0.253 e. The van der Waals surface area contributed by atoms with Crippen molar-refractivity contribution in [2.45, 2.75) is 13.5 Å². The maximum Gasteiger partial charge on any atom is 0.253 e. The average Bonchev–Trinajstić information content (AvgIpc) is 2.54. The van der Waals surface area contributed by atoms with E-state index in [9.17, 15) is 9.18 Å². The Labute approximate surface area is 135 Å².